The van der Waals surface area contributed by atoms with Crippen LogP contribution in [-0.4, -0.2) is 193 Å². The Labute approximate surface area is 631 Å². The van der Waals surface area contributed by atoms with E-state index in [1.165, 1.54) is 250 Å². The molecule has 0 saturated carbocycles. The van der Waals surface area contributed by atoms with Crippen LogP contribution in [0.2, 0.25) is 0 Å². The molecule has 0 spiro atoms. The molecule has 0 aromatic carbocycles. The molecule has 3 aliphatic heterocycles. The standard InChI is InChI=1S/C85H157NO18/c1-3-5-7-9-11-13-15-17-19-21-23-25-26-27-28-29-30-31-32-33-34-35-36-37-38-39-40-41-42-43-45-47-49-51-53-55-57-59-61-63-73(91)86-68(69(90)62-60-58-56-54-52-50-48-46-44-24-22-20-18-16-14-12-10-8-6-4-2)67-99-83-79(97)76(94)81(71(65-88)101-83)104-85-80(98)77(95)82(72(66-89)102-85)103-84-78(96)75(93)74(92)70(64-87)100-84/h5,7,11,13,17,19,23,25,68-72,74-85,87-90,92-98H,3-4,6,8-10,12,14-16,18,20-22,24,26-67H2,1-2H3,(H,86,91)/b7-5-,13-11-,19-17-,25-23-. The van der Waals surface area contributed by atoms with Crippen LogP contribution in [0.5, 0.6) is 0 Å². The molecule has 1 amide bonds. The predicted octanol–water partition coefficient (Wildman–Crippen LogP) is 15.2. The molecule has 3 rings (SSSR count). The van der Waals surface area contributed by atoms with Gasteiger partial charge in [0.25, 0.3) is 0 Å². The Morgan fingerprint density at radius 3 is 1.04 bits per heavy atom. The largest absolute Gasteiger partial charge is 0.394 e. The van der Waals surface area contributed by atoms with Crippen molar-refractivity contribution in [1.82, 2.24) is 5.32 Å². The first-order chi connectivity index (χ1) is 50.8. The Balaban J connectivity index is 1.29. The second-order valence-corrected chi connectivity index (χ2v) is 30.6. The maximum Gasteiger partial charge on any atom is 0.220 e. The molecular formula is C85H157NO18. The molecule has 3 fully saturated rings. The van der Waals surface area contributed by atoms with Crippen molar-refractivity contribution in [3.05, 3.63) is 48.6 Å². The van der Waals surface area contributed by atoms with Crippen LogP contribution in [0, 0.1) is 0 Å². The third-order valence-corrected chi connectivity index (χ3v) is 21.4. The number of unbranched alkanes of at least 4 members (excludes halogenated alkanes) is 45. The van der Waals surface area contributed by atoms with Gasteiger partial charge in [0.2, 0.25) is 5.91 Å². The second kappa shape index (κ2) is 65.5. The van der Waals surface area contributed by atoms with Crippen molar-refractivity contribution in [3.8, 4) is 0 Å². The number of nitrogens with one attached hydrogen (secondary N) is 1. The van der Waals surface area contributed by atoms with Gasteiger partial charge in [-0.1, -0.05) is 345 Å². The molecule has 3 aliphatic rings. The van der Waals surface area contributed by atoms with Crippen LogP contribution < -0.4 is 5.32 Å². The summed E-state index contributed by atoms with van der Waals surface area (Å²) >= 11 is 0. The molecule has 19 heteroatoms. The van der Waals surface area contributed by atoms with Gasteiger partial charge in [0, 0.05) is 6.42 Å². The van der Waals surface area contributed by atoms with Gasteiger partial charge >= 0.3 is 0 Å². The third kappa shape index (κ3) is 44.6. The summed E-state index contributed by atoms with van der Waals surface area (Å²) in [5, 5.41) is 121. The molecular weight excluding hydrogens is 1320 g/mol. The smallest absolute Gasteiger partial charge is 0.220 e. The fourth-order valence-electron chi connectivity index (χ4n) is 14.6. The SMILES string of the molecule is CC/C=C\C/C=C\C/C=C\C/C=C\CCCCCCCCCCCCCCCCCCCCCCCCCCCCC(=O)NC(COC1OC(CO)C(OC2OC(CO)C(OC3OC(CO)C(O)C(O)C3O)C(O)C2O)C(O)C1O)C(O)CCCCCCCCCCCCCCCCCCCCCC. The van der Waals surface area contributed by atoms with Gasteiger partial charge in [0.15, 0.2) is 18.9 Å². The number of allylic oxidation sites excluding steroid dienone is 8. The number of aliphatic hydroxyl groups excluding tert-OH is 11. The minimum atomic E-state index is -1.97. The third-order valence-electron chi connectivity index (χ3n) is 21.4. The van der Waals surface area contributed by atoms with Crippen LogP contribution in [0.25, 0.3) is 0 Å². The molecule has 17 atom stereocenters. The summed E-state index contributed by atoms with van der Waals surface area (Å²) in [5.41, 5.74) is 0. The number of hydrogen-bond acceptors (Lipinski definition) is 18. The Hall–Kier alpha value is -2.25. The molecule has 17 unspecified atom stereocenters. The van der Waals surface area contributed by atoms with E-state index in [1.807, 2.05) is 0 Å². The molecule has 0 aliphatic carbocycles. The van der Waals surface area contributed by atoms with Crippen molar-refractivity contribution in [2.45, 2.75) is 458 Å². The lowest BCUT2D eigenvalue weighted by Crippen LogP contribution is -2.66. The topological polar surface area (TPSA) is 307 Å². The lowest BCUT2D eigenvalue weighted by molar-refractivity contribution is -0.379. The molecule has 610 valence electrons. The van der Waals surface area contributed by atoms with E-state index in [9.17, 15) is 61.0 Å². The van der Waals surface area contributed by atoms with Gasteiger partial charge in [-0.05, 0) is 51.4 Å². The lowest BCUT2D eigenvalue weighted by atomic mass is 9.96. The number of ether oxygens (including phenoxy) is 6. The minimum Gasteiger partial charge on any atom is -0.394 e. The average molecular weight is 1480 g/mol. The highest BCUT2D eigenvalue weighted by atomic mass is 16.8. The number of rotatable bonds is 69. The number of carbonyl (C=O) groups is 1. The number of amides is 1. The van der Waals surface area contributed by atoms with E-state index in [-0.39, 0.29) is 18.9 Å². The van der Waals surface area contributed by atoms with Gasteiger partial charge in [-0.15, -0.1) is 0 Å². The zero-order valence-corrected chi connectivity index (χ0v) is 65.5. The first-order valence-corrected chi connectivity index (χ1v) is 42.9. The van der Waals surface area contributed by atoms with Gasteiger partial charge in [0.05, 0.1) is 38.6 Å². The highest BCUT2D eigenvalue weighted by molar-refractivity contribution is 5.76. The van der Waals surface area contributed by atoms with Crippen molar-refractivity contribution >= 4 is 5.91 Å². The molecule has 12 N–H and O–H groups in total. The fourth-order valence-corrected chi connectivity index (χ4v) is 14.6. The number of hydrogen-bond donors (Lipinski definition) is 12. The monoisotopic (exact) mass is 1480 g/mol. The van der Waals surface area contributed by atoms with Crippen LogP contribution in [0.15, 0.2) is 48.6 Å². The van der Waals surface area contributed by atoms with Crippen molar-refractivity contribution in [2.75, 3.05) is 26.4 Å². The van der Waals surface area contributed by atoms with Gasteiger partial charge < -0.3 is 89.9 Å². The van der Waals surface area contributed by atoms with E-state index >= 15 is 0 Å². The minimum absolute atomic E-state index is 0.235. The van der Waals surface area contributed by atoms with Crippen molar-refractivity contribution in [3.63, 3.8) is 0 Å². The van der Waals surface area contributed by atoms with Crippen LogP contribution in [0.1, 0.15) is 354 Å². The first kappa shape index (κ1) is 96.0. The predicted molar refractivity (Wildman–Crippen MR) is 416 cm³/mol. The van der Waals surface area contributed by atoms with E-state index < -0.39 is 124 Å². The van der Waals surface area contributed by atoms with Crippen molar-refractivity contribution in [1.29, 1.82) is 0 Å². The lowest BCUT2D eigenvalue weighted by Gasteiger charge is -2.48. The summed E-state index contributed by atoms with van der Waals surface area (Å²) in [4.78, 5) is 13.5. The summed E-state index contributed by atoms with van der Waals surface area (Å²) in [6.07, 6.45) is 56.5. The molecule has 19 nitrogen and oxygen atoms in total. The maximum absolute atomic E-state index is 13.5. The van der Waals surface area contributed by atoms with E-state index in [2.05, 4.69) is 67.8 Å². The van der Waals surface area contributed by atoms with E-state index in [1.54, 1.807) is 0 Å². The van der Waals surface area contributed by atoms with Crippen molar-refractivity contribution in [2.24, 2.45) is 0 Å². The molecule has 3 saturated heterocycles. The van der Waals surface area contributed by atoms with Gasteiger partial charge in [-0.2, -0.15) is 0 Å². The summed E-state index contributed by atoms with van der Waals surface area (Å²) in [7, 11) is 0. The quantitative estimate of drug-likeness (QED) is 0.0199. The second-order valence-electron chi connectivity index (χ2n) is 30.6. The highest BCUT2D eigenvalue weighted by Crippen LogP contribution is 2.34. The molecule has 0 aromatic rings. The zero-order valence-electron chi connectivity index (χ0n) is 65.5. The Morgan fingerprint density at radius 1 is 0.356 bits per heavy atom. The Morgan fingerprint density at radius 2 is 0.663 bits per heavy atom. The van der Waals surface area contributed by atoms with E-state index in [0.717, 1.165) is 70.6 Å². The van der Waals surface area contributed by atoms with Crippen molar-refractivity contribution < 1.29 is 89.4 Å². The summed E-state index contributed by atoms with van der Waals surface area (Å²) in [5.74, 6) is -0.235. The van der Waals surface area contributed by atoms with Gasteiger partial charge in [-0.3, -0.25) is 4.79 Å². The van der Waals surface area contributed by atoms with Crippen LogP contribution in [0.3, 0.4) is 0 Å². The van der Waals surface area contributed by atoms with Gasteiger partial charge in [-0.25, -0.2) is 0 Å². The molecule has 0 radical (unpaired) electrons. The normalized spacial score (nSPS) is 26.1. The van der Waals surface area contributed by atoms with Crippen LogP contribution >= 0.6 is 0 Å². The Kier molecular flexibility index (Phi) is 60.4. The van der Waals surface area contributed by atoms with Crippen LogP contribution in [-0.2, 0) is 33.2 Å². The average Bonchev–Trinajstić information content (AvgIpc) is 0.783. The zero-order chi connectivity index (χ0) is 75.3. The van der Waals surface area contributed by atoms with Crippen LogP contribution in [0.4, 0.5) is 0 Å². The molecule has 104 heavy (non-hydrogen) atoms. The Bertz CT molecular complexity index is 2060. The number of aliphatic hydroxyl groups is 11. The molecule has 0 aromatic heterocycles. The maximum atomic E-state index is 13.5. The van der Waals surface area contributed by atoms with Gasteiger partial charge in [0.1, 0.15) is 73.2 Å². The summed E-state index contributed by atoms with van der Waals surface area (Å²) in [6, 6.07) is -0.886. The van der Waals surface area contributed by atoms with E-state index in [4.69, 9.17) is 28.4 Å². The summed E-state index contributed by atoms with van der Waals surface area (Å²) in [6.45, 7) is 1.74. The fraction of sp³-hybridized carbons (Fsp3) is 0.894. The highest BCUT2D eigenvalue weighted by Gasteiger charge is 2.54. The molecule has 3 heterocycles. The molecule has 0 bridgehead atoms. The van der Waals surface area contributed by atoms with E-state index in [0.29, 0.717) is 12.8 Å². The first-order valence-electron chi connectivity index (χ1n) is 42.9. The number of carbonyl (C=O) groups excluding carboxylic acids is 1. The summed E-state index contributed by atoms with van der Waals surface area (Å²) < 4.78 is 34.6.